The van der Waals surface area contributed by atoms with Crippen molar-refractivity contribution in [2.75, 3.05) is 4.90 Å². The lowest BCUT2D eigenvalue weighted by Crippen LogP contribution is -2.41. The highest BCUT2D eigenvalue weighted by Crippen LogP contribution is 2.45. The fourth-order valence-corrected chi connectivity index (χ4v) is 3.60. The van der Waals surface area contributed by atoms with Crippen LogP contribution in [0.3, 0.4) is 0 Å². The van der Waals surface area contributed by atoms with Gasteiger partial charge in [-0.15, -0.1) is 0 Å². The second kappa shape index (κ2) is 6.39. The van der Waals surface area contributed by atoms with Gasteiger partial charge in [-0.2, -0.15) is 5.26 Å². The number of rotatable bonds is 3. The van der Waals surface area contributed by atoms with Crippen molar-refractivity contribution in [2.45, 2.75) is 19.1 Å². The summed E-state index contributed by atoms with van der Waals surface area (Å²) in [5.41, 5.74) is 2.37. The van der Waals surface area contributed by atoms with E-state index in [1.54, 1.807) is 35.2 Å². The van der Waals surface area contributed by atoms with Crippen molar-refractivity contribution in [3.63, 3.8) is 0 Å². The predicted octanol–water partition coefficient (Wildman–Crippen LogP) is 3.65. The molecule has 3 aromatic carbocycles. The van der Waals surface area contributed by atoms with Gasteiger partial charge >= 0.3 is 0 Å². The predicted molar refractivity (Wildman–Crippen MR) is 103 cm³/mol. The third-order valence-electron chi connectivity index (χ3n) is 5.07. The summed E-state index contributed by atoms with van der Waals surface area (Å²) in [4.78, 5) is 14.9. The Morgan fingerprint density at radius 2 is 1.67 bits per heavy atom. The molecule has 1 heterocycles. The molecule has 0 fully saturated rings. The lowest BCUT2D eigenvalue weighted by Gasteiger charge is -2.24. The molecule has 4 nitrogen and oxygen atoms in total. The average Bonchev–Trinajstić information content (AvgIpc) is 2.92. The Morgan fingerprint density at radius 3 is 2.41 bits per heavy atom. The number of amides is 1. The summed E-state index contributed by atoms with van der Waals surface area (Å²) in [7, 11) is 0. The van der Waals surface area contributed by atoms with Crippen molar-refractivity contribution in [3.8, 4) is 6.07 Å². The number of nitriles is 1. The van der Waals surface area contributed by atoms with Crippen LogP contribution in [-0.4, -0.2) is 11.0 Å². The molecule has 27 heavy (non-hydrogen) atoms. The van der Waals surface area contributed by atoms with Crippen LogP contribution in [0.25, 0.3) is 0 Å². The Morgan fingerprint density at radius 1 is 1.00 bits per heavy atom. The van der Waals surface area contributed by atoms with Crippen molar-refractivity contribution in [1.82, 2.24) is 0 Å². The Bertz CT molecular complexity index is 1070. The summed E-state index contributed by atoms with van der Waals surface area (Å²) in [5, 5.41) is 20.9. The molecule has 1 aliphatic heterocycles. The Hall–Kier alpha value is -3.42. The standard InChI is InChI=1S/C23H18N2O2/c1-16-10-12-19(13-11-16)23(27)20-8-4-5-9-21(20)25(22(23)26)15-18-7-3-2-6-17(18)14-24/h2-13,27H,15H2,1H3/t23-/m0/s1. The number of carbonyl (C=O) groups excluding carboxylic acids is 1. The largest absolute Gasteiger partial charge is 0.372 e. The Labute approximate surface area is 157 Å². The van der Waals surface area contributed by atoms with Crippen LogP contribution in [0, 0.1) is 18.3 Å². The van der Waals surface area contributed by atoms with Crippen molar-refractivity contribution in [3.05, 3.63) is 101 Å². The van der Waals surface area contributed by atoms with E-state index in [4.69, 9.17) is 0 Å². The first kappa shape index (κ1) is 17.0. The van der Waals surface area contributed by atoms with Crippen molar-refractivity contribution < 1.29 is 9.90 Å². The third-order valence-corrected chi connectivity index (χ3v) is 5.07. The van der Waals surface area contributed by atoms with Gasteiger partial charge in [-0.3, -0.25) is 4.79 Å². The van der Waals surface area contributed by atoms with Crippen LogP contribution in [0.1, 0.15) is 27.8 Å². The second-order valence-corrected chi connectivity index (χ2v) is 6.75. The van der Waals surface area contributed by atoms with Gasteiger partial charge in [-0.25, -0.2) is 0 Å². The molecule has 1 N–H and O–H groups in total. The molecule has 0 saturated heterocycles. The smallest absolute Gasteiger partial charge is 0.268 e. The van der Waals surface area contributed by atoms with E-state index in [0.717, 1.165) is 11.1 Å². The number of nitrogens with zero attached hydrogens (tertiary/aromatic N) is 2. The van der Waals surface area contributed by atoms with E-state index in [9.17, 15) is 15.2 Å². The molecule has 4 rings (SSSR count). The molecule has 1 amide bonds. The van der Waals surface area contributed by atoms with Crippen LogP contribution in [0.5, 0.6) is 0 Å². The first-order valence-corrected chi connectivity index (χ1v) is 8.74. The highest BCUT2D eigenvalue weighted by molar-refractivity contribution is 6.09. The molecule has 4 heteroatoms. The number of aliphatic hydroxyl groups is 1. The number of aryl methyl sites for hydroxylation is 1. The Kier molecular flexibility index (Phi) is 4.02. The number of fused-ring (bicyclic) bond motifs is 1. The number of carbonyl (C=O) groups is 1. The molecule has 1 aliphatic rings. The molecule has 0 saturated carbocycles. The van der Waals surface area contributed by atoms with Crippen LogP contribution in [-0.2, 0) is 16.9 Å². The lowest BCUT2D eigenvalue weighted by atomic mass is 9.87. The molecule has 3 aromatic rings. The van der Waals surface area contributed by atoms with Crippen LogP contribution in [0.4, 0.5) is 5.69 Å². The fourth-order valence-electron chi connectivity index (χ4n) is 3.60. The zero-order chi connectivity index (χ0) is 19.0. The highest BCUT2D eigenvalue weighted by atomic mass is 16.3. The van der Waals surface area contributed by atoms with Gasteiger partial charge in [0.15, 0.2) is 5.60 Å². The van der Waals surface area contributed by atoms with Crippen molar-refractivity contribution >= 4 is 11.6 Å². The molecule has 132 valence electrons. The molecule has 0 bridgehead atoms. The molecule has 0 unspecified atom stereocenters. The first-order valence-electron chi connectivity index (χ1n) is 8.74. The van der Waals surface area contributed by atoms with Gasteiger partial charge in [0.05, 0.1) is 23.9 Å². The van der Waals surface area contributed by atoms with Gasteiger partial charge in [0.1, 0.15) is 0 Å². The van der Waals surface area contributed by atoms with E-state index in [0.29, 0.717) is 22.4 Å². The van der Waals surface area contributed by atoms with E-state index >= 15 is 0 Å². The maximum Gasteiger partial charge on any atom is 0.268 e. The van der Waals surface area contributed by atoms with E-state index in [-0.39, 0.29) is 6.54 Å². The zero-order valence-corrected chi connectivity index (χ0v) is 14.9. The van der Waals surface area contributed by atoms with E-state index in [2.05, 4.69) is 6.07 Å². The van der Waals surface area contributed by atoms with Gasteiger partial charge < -0.3 is 10.0 Å². The minimum absolute atomic E-state index is 0.230. The fraction of sp³-hybridized carbons (Fsp3) is 0.130. The summed E-state index contributed by atoms with van der Waals surface area (Å²) in [6, 6.07) is 24.0. The third kappa shape index (κ3) is 2.61. The van der Waals surface area contributed by atoms with Crippen LogP contribution in [0.2, 0.25) is 0 Å². The van der Waals surface area contributed by atoms with Crippen molar-refractivity contribution in [1.29, 1.82) is 5.26 Å². The van der Waals surface area contributed by atoms with Crippen LogP contribution in [0.15, 0.2) is 72.8 Å². The first-order chi connectivity index (χ1) is 13.1. The van der Waals surface area contributed by atoms with Crippen LogP contribution >= 0.6 is 0 Å². The van der Waals surface area contributed by atoms with E-state index in [1.807, 2.05) is 49.4 Å². The van der Waals surface area contributed by atoms with Gasteiger partial charge in [0.2, 0.25) is 0 Å². The summed E-state index contributed by atoms with van der Waals surface area (Å²) in [6.45, 7) is 2.19. The zero-order valence-electron chi connectivity index (χ0n) is 14.9. The van der Waals surface area contributed by atoms with E-state index in [1.165, 1.54) is 0 Å². The normalized spacial score (nSPS) is 18.3. The molecule has 0 radical (unpaired) electrons. The van der Waals surface area contributed by atoms with Gasteiger partial charge in [-0.1, -0.05) is 66.2 Å². The van der Waals surface area contributed by atoms with Gasteiger partial charge in [0, 0.05) is 5.56 Å². The quantitative estimate of drug-likeness (QED) is 0.781. The maximum atomic E-state index is 13.4. The number of hydrogen-bond acceptors (Lipinski definition) is 3. The lowest BCUT2D eigenvalue weighted by molar-refractivity contribution is -0.132. The summed E-state index contributed by atoms with van der Waals surface area (Å²) in [5.74, 6) is -0.403. The summed E-state index contributed by atoms with van der Waals surface area (Å²) < 4.78 is 0. The average molecular weight is 354 g/mol. The molecule has 0 aromatic heterocycles. The molecule has 1 atom stereocenters. The summed E-state index contributed by atoms with van der Waals surface area (Å²) in [6.07, 6.45) is 0. The Balaban J connectivity index is 1.83. The minimum Gasteiger partial charge on any atom is -0.372 e. The van der Waals surface area contributed by atoms with Crippen LogP contribution < -0.4 is 4.90 Å². The topological polar surface area (TPSA) is 64.3 Å². The number of benzene rings is 3. The number of para-hydroxylation sites is 1. The van der Waals surface area contributed by atoms with Gasteiger partial charge in [-0.05, 0) is 30.2 Å². The second-order valence-electron chi connectivity index (χ2n) is 6.75. The maximum absolute atomic E-state index is 13.4. The van der Waals surface area contributed by atoms with Crippen molar-refractivity contribution in [2.24, 2.45) is 0 Å². The molecular weight excluding hydrogens is 336 g/mol. The number of anilines is 1. The SMILES string of the molecule is Cc1ccc([C@@]2(O)C(=O)N(Cc3ccccc3C#N)c3ccccc32)cc1. The summed E-state index contributed by atoms with van der Waals surface area (Å²) >= 11 is 0. The molecule has 0 aliphatic carbocycles. The van der Waals surface area contributed by atoms with E-state index < -0.39 is 11.5 Å². The van der Waals surface area contributed by atoms with Gasteiger partial charge in [0.25, 0.3) is 5.91 Å². The monoisotopic (exact) mass is 354 g/mol. The molecular formula is C23H18N2O2. The minimum atomic E-state index is -1.73. The number of hydrogen-bond donors (Lipinski definition) is 1. The highest BCUT2D eigenvalue weighted by Gasteiger charge is 2.50. The molecule has 0 spiro atoms.